The van der Waals surface area contributed by atoms with Crippen LogP contribution in [0.15, 0.2) is 27.8 Å². The van der Waals surface area contributed by atoms with Gasteiger partial charge >= 0.3 is 5.69 Å². The lowest BCUT2D eigenvalue weighted by Crippen LogP contribution is -2.40. The standard InChI is InChI=1S/C21H26N4O4/c1-5-11-24-19-18(20(27)25(12-6-2)21(24)28)23(3)17(22-19)10-8-14-7-9-16(29-4)15(26)13-14/h7-10,13,26H,5-6,11-12H2,1-4H3/b10-8+. The van der Waals surface area contributed by atoms with Crippen LogP contribution in [0, 0.1) is 0 Å². The van der Waals surface area contributed by atoms with Gasteiger partial charge in [-0.3, -0.25) is 13.9 Å². The SMILES string of the molecule is CCCn1c(=O)c2c(nc(/C=C/c3ccc(OC)c(O)c3)n2C)n(CCC)c1=O. The molecule has 0 aliphatic carbocycles. The number of aromatic nitrogens is 4. The zero-order valence-corrected chi connectivity index (χ0v) is 17.2. The van der Waals surface area contributed by atoms with Crippen molar-refractivity contribution in [2.24, 2.45) is 7.05 Å². The van der Waals surface area contributed by atoms with E-state index in [4.69, 9.17) is 4.74 Å². The zero-order valence-electron chi connectivity index (χ0n) is 17.2. The van der Waals surface area contributed by atoms with Crippen LogP contribution in [0.1, 0.15) is 38.1 Å². The highest BCUT2D eigenvalue weighted by atomic mass is 16.5. The third-order valence-electron chi connectivity index (χ3n) is 4.80. The first-order chi connectivity index (χ1) is 13.9. The third-order valence-corrected chi connectivity index (χ3v) is 4.80. The number of hydrogen-bond acceptors (Lipinski definition) is 5. The van der Waals surface area contributed by atoms with Gasteiger partial charge in [0.15, 0.2) is 22.7 Å². The Balaban J connectivity index is 2.15. The minimum Gasteiger partial charge on any atom is -0.504 e. The van der Waals surface area contributed by atoms with Crippen LogP contribution in [0.2, 0.25) is 0 Å². The van der Waals surface area contributed by atoms with Crippen molar-refractivity contribution in [3.8, 4) is 11.5 Å². The average molecular weight is 398 g/mol. The molecule has 8 nitrogen and oxygen atoms in total. The first kappa shape index (κ1) is 20.4. The van der Waals surface area contributed by atoms with Crippen molar-refractivity contribution in [2.75, 3.05) is 7.11 Å². The van der Waals surface area contributed by atoms with Gasteiger partial charge in [-0.2, -0.15) is 0 Å². The molecule has 29 heavy (non-hydrogen) atoms. The second kappa shape index (κ2) is 8.38. The maximum Gasteiger partial charge on any atom is 0.332 e. The van der Waals surface area contributed by atoms with Crippen molar-refractivity contribution in [3.05, 3.63) is 50.4 Å². The molecule has 0 spiro atoms. The summed E-state index contributed by atoms with van der Waals surface area (Å²) >= 11 is 0. The molecule has 0 unspecified atom stereocenters. The Morgan fingerprint density at radius 3 is 2.41 bits per heavy atom. The van der Waals surface area contributed by atoms with Gasteiger partial charge in [0, 0.05) is 20.1 Å². The Labute approximate surface area is 168 Å². The lowest BCUT2D eigenvalue weighted by Gasteiger charge is -2.10. The molecule has 0 saturated heterocycles. The lowest BCUT2D eigenvalue weighted by atomic mass is 10.2. The van der Waals surface area contributed by atoms with Crippen molar-refractivity contribution < 1.29 is 9.84 Å². The fourth-order valence-corrected chi connectivity index (χ4v) is 3.36. The van der Waals surface area contributed by atoms with Crippen LogP contribution in [0.4, 0.5) is 0 Å². The molecule has 0 radical (unpaired) electrons. The molecule has 0 bridgehead atoms. The molecule has 0 atom stereocenters. The van der Waals surface area contributed by atoms with Gasteiger partial charge in [-0.25, -0.2) is 9.78 Å². The first-order valence-corrected chi connectivity index (χ1v) is 9.68. The average Bonchev–Trinajstić information content (AvgIpc) is 3.03. The number of fused-ring (bicyclic) bond motifs is 1. The van der Waals surface area contributed by atoms with Gasteiger partial charge in [-0.05, 0) is 36.6 Å². The van der Waals surface area contributed by atoms with Crippen molar-refractivity contribution in [3.63, 3.8) is 0 Å². The van der Waals surface area contributed by atoms with Gasteiger partial charge in [-0.15, -0.1) is 0 Å². The van der Waals surface area contributed by atoms with Gasteiger partial charge in [0.25, 0.3) is 5.56 Å². The van der Waals surface area contributed by atoms with Gasteiger partial charge in [0.05, 0.1) is 7.11 Å². The molecule has 3 rings (SSSR count). The van der Waals surface area contributed by atoms with Gasteiger partial charge in [0.1, 0.15) is 5.82 Å². The van der Waals surface area contributed by atoms with E-state index in [9.17, 15) is 14.7 Å². The highest BCUT2D eigenvalue weighted by molar-refractivity contribution is 5.77. The maximum atomic E-state index is 12.9. The minimum atomic E-state index is -0.323. The number of aryl methyl sites for hydroxylation is 2. The van der Waals surface area contributed by atoms with Gasteiger partial charge < -0.3 is 14.4 Å². The van der Waals surface area contributed by atoms with Crippen molar-refractivity contribution in [1.82, 2.24) is 18.7 Å². The molecule has 8 heteroatoms. The topological polar surface area (TPSA) is 91.3 Å². The fourth-order valence-electron chi connectivity index (χ4n) is 3.36. The Morgan fingerprint density at radius 2 is 1.79 bits per heavy atom. The number of benzene rings is 1. The van der Waals surface area contributed by atoms with Gasteiger partial charge in [0.2, 0.25) is 0 Å². The van der Waals surface area contributed by atoms with Crippen LogP contribution in [0.3, 0.4) is 0 Å². The third kappa shape index (κ3) is 3.70. The monoisotopic (exact) mass is 398 g/mol. The summed E-state index contributed by atoms with van der Waals surface area (Å²) in [4.78, 5) is 30.3. The number of hydrogen-bond donors (Lipinski definition) is 1. The number of phenols is 1. The Morgan fingerprint density at radius 1 is 1.10 bits per heavy atom. The molecule has 0 saturated carbocycles. The van der Waals surface area contributed by atoms with E-state index in [1.165, 1.54) is 11.7 Å². The Kier molecular flexibility index (Phi) is 5.91. The van der Waals surface area contributed by atoms with Gasteiger partial charge in [-0.1, -0.05) is 26.0 Å². The number of imidazole rings is 1. The molecule has 0 aliphatic heterocycles. The summed E-state index contributed by atoms with van der Waals surface area (Å²) in [7, 11) is 3.25. The van der Waals surface area contributed by atoms with Crippen molar-refractivity contribution >= 4 is 23.3 Å². The molecule has 0 aliphatic rings. The molecule has 2 heterocycles. The Hall–Kier alpha value is -3.29. The van der Waals surface area contributed by atoms with Crippen LogP contribution in [-0.2, 0) is 20.1 Å². The first-order valence-electron chi connectivity index (χ1n) is 9.68. The van der Waals surface area contributed by atoms with E-state index >= 15 is 0 Å². The molecule has 0 amide bonds. The molecule has 1 N–H and O–H groups in total. The number of rotatable bonds is 7. The fraction of sp³-hybridized carbons (Fsp3) is 0.381. The van der Waals surface area contributed by atoms with E-state index in [-0.39, 0.29) is 17.0 Å². The van der Waals surface area contributed by atoms with Crippen molar-refractivity contribution in [2.45, 2.75) is 39.8 Å². The number of nitrogens with zero attached hydrogens (tertiary/aromatic N) is 4. The zero-order chi connectivity index (χ0) is 21.1. The quantitative estimate of drug-likeness (QED) is 0.661. The molecule has 0 fully saturated rings. The lowest BCUT2D eigenvalue weighted by molar-refractivity contribution is 0.373. The summed E-state index contributed by atoms with van der Waals surface area (Å²) in [5.74, 6) is 0.981. The van der Waals surface area contributed by atoms with E-state index in [0.717, 1.165) is 12.0 Å². The smallest absolute Gasteiger partial charge is 0.332 e. The summed E-state index contributed by atoms with van der Waals surface area (Å²) in [6, 6.07) is 5.06. The number of methoxy groups -OCH3 is 1. The maximum absolute atomic E-state index is 12.9. The molecule has 154 valence electrons. The van der Waals surface area contributed by atoms with Crippen LogP contribution in [0.25, 0.3) is 23.3 Å². The van der Waals surface area contributed by atoms with Crippen molar-refractivity contribution in [1.29, 1.82) is 0 Å². The molecular weight excluding hydrogens is 372 g/mol. The van der Waals surface area contributed by atoms with Crippen LogP contribution in [-0.4, -0.2) is 30.9 Å². The van der Waals surface area contributed by atoms with Crippen LogP contribution < -0.4 is 16.0 Å². The predicted molar refractivity (Wildman–Crippen MR) is 113 cm³/mol. The minimum absolute atomic E-state index is 0.0406. The second-order valence-electron chi connectivity index (χ2n) is 6.86. The highest BCUT2D eigenvalue weighted by Gasteiger charge is 2.18. The second-order valence-corrected chi connectivity index (χ2v) is 6.86. The van der Waals surface area contributed by atoms with Crippen LogP contribution in [0.5, 0.6) is 11.5 Å². The number of ether oxygens (including phenoxy) is 1. The normalized spacial score (nSPS) is 11.6. The van der Waals surface area contributed by atoms with E-state index in [0.29, 0.717) is 42.2 Å². The molecule has 3 aromatic rings. The molecule has 1 aromatic carbocycles. The summed E-state index contributed by atoms with van der Waals surface area (Å²) in [5.41, 5.74) is 0.915. The van der Waals surface area contributed by atoms with E-state index in [1.807, 2.05) is 13.8 Å². The number of aromatic hydroxyl groups is 1. The van der Waals surface area contributed by atoms with E-state index in [1.54, 1.807) is 46.5 Å². The summed E-state index contributed by atoms with van der Waals surface area (Å²) in [5, 5.41) is 9.94. The summed E-state index contributed by atoms with van der Waals surface area (Å²) in [6.07, 6.45) is 4.99. The number of phenolic OH excluding ortho intramolecular Hbond substituents is 1. The largest absolute Gasteiger partial charge is 0.504 e. The molecular formula is C21H26N4O4. The summed E-state index contributed by atoms with van der Waals surface area (Å²) < 4.78 is 9.62. The molecule has 2 aromatic heterocycles. The Bertz CT molecular complexity index is 1180. The van der Waals surface area contributed by atoms with Crippen LogP contribution >= 0.6 is 0 Å². The summed E-state index contributed by atoms with van der Waals surface area (Å²) in [6.45, 7) is 4.78. The predicted octanol–water partition coefficient (Wildman–Crippen LogP) is 2.60. The van der Waals surface area contributed by atoms with E-state index in [2.05, 4.69) is 4.98 Å². The highest BCUT2D eigenvalue weighted by Crippen LogP contribution is 2.27. The van der Waals surface area contributed by atoms with E-state index < -0.39 is 0 Å².